The Labute approximate surface area is 129 Å². The molecule has 3 aromatic rings. The molecule has 4 rings (SSSR count). The first-order valence-electron chi connectivity index (χ1n) is 7.67. The number of pyridine rings is 1. The summed E-state index contributed by atoms with van der Waals surface area (Å²) < 4.78 is 0. The van der Waals surface area contributed by atoms with Crippen LogP contribution in [0, 0.1) is 13.8 Å². The van der Waals surface area contributed by atoms with E-state index in [0.29, 0.717) is 12.0 Å². The van der Waals surface area contributed by atoms with E-state index in [2.05, 4.69) is 52.5 Å². The lowest BCUT2D eigenvalue weighted by Crippen LogP contribution is -2.05. The second kappa shape index (κ2) is 5.05. The van der Waals surface area contributed by atoms with Crippen LogP contribution < -0.4 is 5.32 Å². The normalized spacial score (nSPS) is 14.3. The number of hydrogen-bond acceptors (Lipinski definition) is 4. The van der Waals surface area contributed by atoms with Crippen LogP contribution in [-0.2, 0) is 0 Å². The summed E-state index contributed by atoms with van der Waals surface area (Å²) in [5, 5.41) is 4.30. The van der Waals surface area contributed by atoms with Crippen molar-refractivity contribution in [1.82, 2.24) is 15.0 Å². The Hall–Kier alpha value is -2.49. The number of anilines is 1. The molecule has 0 bridgehead atoms. The van der Waals surface area contributed by atoms with E-state index in [9.17, 15) is 0 Å². The predicted octanol–water partition coefficient (Wildman–Crippen LogP) is 3.88. The number of aromatic nitrogens is 3. The minimum atomic E-state index is 0.546. The van der Waals surface area contributed by atoms with Gasteiger partial charge in [0, 0.05) is 28.9 Å². The molecule has 0 spiro atoms. The van der Waals surface area contributed by atoms with Gasteiger partial charge in [-0.2, -0.15) is 4.98 Å². The smallest absolute Gasteiger partial charge is 0.224 e. The van der Waals surface area contributed by atoms with Crippen molar-refractivity contribution in [2.75, 3.05) is 5.32 Å². The van der Waals surface area contributed by atoms with Crippen molar-refractivity contribution in [2.45, 2.75) is 32.7 Å². The van der Waals surface area contributed by atoms with Gasteiger partial charge in [-0.3, -0.25) is 0 Å². The van der Waals surface area contributed by atoms with Crippen LogP contribution in [0.15, 0.2) is 36.5 Å². The highest BCUT2D eigenvalue weighted by molar-refractivity contribution is 5.83. The molecule has 1 fully saturated rings. The summed E-state index contributed by atoms with van der Waals surface area (Å²) in [6, 6.07) is 11.1. The van der Waals surface area contributed by atoms with E-state index in [1.807, 2.05) is 13.1 Å². The molecule has 0 aliphatic heterocycles. The molecule has 110 valence electrons. The van der Waals surface area contributed by atoms with Crippen LogP contribution in [0.25, 0.3) is 22.2 Å². The summed E-state index contributed by atoms with van der Waals surface area (Å²) in [7, 11) is 0. The highest BCUT2D eigenvalue weighted by Crippen LogP contribution is 2.29. The Morgan fingerprint density at radius 2 is 1.86 bits per heavy atom. The van der Waals surface area contributed by atoms with E-state index >= 15 is 0 Å². The van der Waals surface area contributed by atoms with Crippen LogP contribution in [0.5, 0.6) is 0 Å². The largest absolute Gasteiger partial charge is 0.351 e. The maximum Gasteiger partial charge on any atom is 0.224 e. The Bertz CT molecular complexity index is 853. The van der Waals surface area contributed by atoms with Gasteiger partial charge in [0.15, 0.2) is 5.65 Å². The molecule has 1 aliphatic carbocycles. The van der Waals surface area contributed by atoms with Crippen molar-refractivity contribution >= 4 is 17.0 Å². The van der Waals surface area contributed by atoms with E-state index in [1.54, 1.807) is 0 Å². The zero-order chi connectivity index (χ0) is 15.1. The zero-order valence-corrected chi connectivity index (χ0v) is 12.8. The fourth-order valence-corrected chi connectivity index (χ4v) is 2.68. The number of nitrogens with zero attached hydrogens (tertiary/aromatic N) is 3. The summed E-state index contributed by atoms with van der Waals surface area (Å²) in [5.41, 5.74) is 5.37. The molecule has 0 atom stereocenters. The van der Waals surface area contributed by atoms with Crippen LogP contribution in [0.1, 0.15) is 24.1 Å². The monoisotopic (exact) mass is 290 g/mol. The molecular formula is C18H18N4. The molecule has 22 heavy (non-hydrogen) atoms. The standard InChI is InChI=1S/C18H18N4/c1-11-5-3-4-6-15(11)16-9-13-10-19-18(21-14-7-8-14)22-17(13)20-12(16)2/h3-6,9-10,14H,7-8H2,1-2H3,(H,19,20,21,22). The predicted molar refractivity (Wildman–Crippen MR) is 88.9 cm³/mol. The van der Waals surface area contributed by atoms with Crippen molar-refractivity contribution < 1.29 is 0 Å². The summed E-state index contributed by atoms with van der Waals surface area (Å²) in [6.07, 6.45) is 4.28. The van der Waals surface area contributed by atoms with E-state index in [1.165, 1.54) is 24.0 Å². The molecule has 1 saturated carbocycles. The molecule has 0 saturated heterocycles. The highest BCUT2D eigenvalue weighted by Gasteiger charge is 2.22. The van der Waals surface area contributed by atoms with Gasteiger partial charge in [-0.15, -0.1) is 0 Å². The molecule has 1 aromatic carbocycles. The van der Waals surface area contributed by atoms with Gasteiger partial charge >= 0.3 is 0 Å². The van der Waals surface area contributed by atoms with Crippen LogP contribution in [-0.4, -0.2) is 21.0 Å². The van der Waals surface area contributed by atoms with Crippen molar-refractivity contribution in [2.24, 2.45) is 0 Å². The molecule has 0 amide bonds. The van der Waals surface area contributed by atoms with Crippen LogP contribution in [0.2, 0.25) is 0 Å². The van der Waals surface area contributed by atoms with Gasteiger partial charge in [0.05, 0.1) is 0 Å². The number of rotatable bonds is 3. The number of fused-ring (bicyclic) bond motifs is 1. The summed E-state index contributed by atoms with van der Waals surface area (Å²) in [6.45, 7) is 4.16. The van der Waals surface area contributed by atoms with Crippen molar-refractivity contribution in [1.29, 1.82) is 0 Å². The molecule has 1 N–H and O–H groups in total. The molecule has 0 radical (unpaired) electrons. The molecule has 2 aromatic heterocycles. The van der Waals surface area contributed by atoms with E-state index in [-0.39, 0.29) is 0 Å². The van der Waals surface area contributed by atoms with Crippen LogP contribution in [0.3, 0.4) is 0 Å². The second-order valence-electron chi connectivity index (χ2n) is 5.96. The summed E-state index contributed by atoms with van der Waals surface area (Å²) in [5.74, 6) is 0.686. The number of nitrogens with one attached hydrogen (secondary N) is 1. The molecule has 1 aliphatic rings. The number of aryl methyl sites for hydroxylation is 2. The van der Waals surface area contributed by atoms with Gasteiger partial charge in [-0.05, 0) is 43.9 Å². The lowest BCUT2D eigenvalue weighted by Gasteiger charge is -2.10. The third kappa shape index (κ3) is 2.41. The van der Waals surface area contributed by atoms with Crippen molar-refractivity contribution in [3.8, 4) is 11.1 Å². The van der Waals surface area contributed by atoms with E-state index in [4.69, 9.17) is 4.98 Å². The van der Waals surface area contributed by atoms with E-state index < -0.39 is 0 Å². The Balaban J connectivity index is 1.81. The first kappa shape index (κ1) is 13.2. The van der Waals surface area contributed by atoms with Gasteiger partial charge in [-0.1, -0.05) is 24.3 Å². The fraction of sp³-hybridized carbons (Fsp3) is 0.278. The number of benzene rings is 1. The topological polar surface area (TPSA) is 50.7 Å². The van der Waals surface area contributed by atoms with Gasteiger partial charge < -0.3 is 5.32 Å². The van der Waals surface area contributed by atoms with Crippen molar-refractivity contribution in [3.05, 3.63) is 47.8 Å². The first-order valence-corrected chi connectivity index (χ1v) is 7.67. The lowest BCUT2D eigenvalue weighted by molar-refractivity contribution is 1.06. The Morgan fingerprint density at radius 3 is 2.64 bits per heavy atom. The first-order chi connectivity index (χ1) is 10.7. The van der Waals surface area contributed by atoms with Gasteiger partial charge in [0.25, 0.3) is 0 Å². The SMILES string of the molecule is Cc1ccccc1-c1cc2cnc(NC3CC3)nc2nc1C. The Kier molecular flexibility index (Phi) is 3.03. The second-order valence-corrected chi connectivity index (χ2v) is 5.96. The third-order valence-electron chi connectivity index (χ3n) is 4.10. The fourth-order valence-electron chi connectivity index (χ4n) is 2.68. The highest BCUT2D eigenvalue weighted by atomic mass is 15.1. The average molecular weight is 290 g/mol. The maximum atomic E-state index is 4.69. The lowest BCUT2D eigenvalue weighted by atomic mass is 9.99. The zero-order valence-electron chi connectivity index (χ0n) is 12.8. The third-order valence-corrected chi connectivity index (χ3v) is 4.10. The van der Waals surface area contributed by atoms with Crippen LogP contribution in [0.4, 0.5) is 5.95 Å². The molecular weight excluding hydrogens is 272 g/mol. The maximum absolute atomic E-state index is 4.69. The van der Waals surface area contributed by atoms with Gasteiger partial charge in [-0.25, -0.2) is 9.97 Å². The quantitative estimate of drug-likeness (QED) is 0.795. The summed E-state index contributed by atoms with van der Waals surface area (Å²) >= 11 is 0. The van der Waals surface area contributed by atoms with E-state index in [0.717, 1.165) is 22.3 Å². The minimum absolute atomic E-state index is 0.546. The molecule has 2 heterocycles. The Morgan fingerprint density at radius 1 is 1.05 bits per heavy atom. The minimum Gasteiger partial charge on any atom is -0.351 e. The number of hydrogen-bond donors (Lipinski definition) is 1. The average Bonchev–Trinajstić information content (AvgIpc) is 3.31. The van der Waals surface area contributed by atoms with Crippen molar-refractivity contribution in [3.63, 3.8) is 0 Å². The molecule has 4 nitrogen and oxygen atoms in total. The molecule has 0 unspecified atom stereocenters. The van der Waals surface area contributed by atoms with Gasteiger partial charge in [0.1, 0.15) is 0 Å². The summed E-state index contributed by atoms with van der Waals surface area (Å²) in [4.78, 5) is 13.6. The van der Waals surface area contributed by atoms with Crippen LogP contribution >= 0.6 is 0 Å². The van der Waals surface area contributed by atoms with Gasteiger partial charge in [0.2, 0.25) is 5.95 Å². The molecule has 4 heteroatoms.